The summed E-state index contributed by atoms with van der Waals surface area (Å²) < 4.78 is 10.7. The minimum Gasteiger partial charge on any atom is -0.425 e. The summed E-state index contributed by atoms with van der Waals surface area (Å²) >= 11 is 0. The van der Waals surface area contributed by atoms with E-state index in [0.717, 1.165) is 25.2 Å². The van der Waals surface area contributed by atoms with Crippen LogP contribution < -0.4 is 0 Å². The van der Waals surface area contributed by atoms with Crippen molar-refractivity contribution < 1.29 is 9.15 Å². The summed E-state index contributed by atoms with van der Waals surface area (Å²) in [6.07, 6.45) is 3.58. The Labute approximate surface area is 77.3 Å². The molecule has 4 heteroatoms. The lowest BCUT2D eigenvalue weighted by Gasteiger charge is -2.05. The van der Waals surface area contributed by atoms with Crippen molar-refractivity contribution in [3.8, 4) is 0 Å². The van der Waals surface area contributed by atoms with Crippen molar-refractivity contribution in [2.45, 2.75) is 38.2 Å². The van der Waals surface area contributed by atoms with Gasteiger partial charge >= 0.3 is 0 Å². The maximum absolute atomic E-state index is 5.38. The predicted molar refractivity (Wildman–Crippen MR) is 46.4 cm³/mol. The topological polar surface area (TPSA) is 48.2 Å². The first-order valence-corrected chi connectivity index (χ1v) is 4.62. The van der Waals surface area contributed by atoms with Gasteiger partial charge in [0.25, 0.3) is 0 Å². The Balaban J connectivity index is 2.03. The van der Waals surface area contributed by atoms with Crippen LogP contribution in [0.5, 0.6) is 0 Å². The zero-order valence-electron chi connectivity index (χ0n) is 7.99. The first-order chi connectivity index (χ1) is 6.29. The lowest BCUT2D eigenvalue weighted by Crippen LogP contribution is -2.04. The molecule has 72 valence electrons. The predicted octanol–water partition coefficient (Wildman–Crippen LogP) is 1.66. The number of methoxy groups -OCH3 is 1. The van der Waals surface area contributed by atoms with Crippen LogP contribution in [0.3, 0.4) is 0 Å². The Morgan fingerprint density at radius 3 is 2.77 bits per heavy atom. The van der Waals surface area contributed by atoms with E-state index in [2.05, 4.69) is 10.2 Å². The van der Waals surface area contributed by atoms with E-state index >= 15 is 0 Å². The highest BCUT2D eigenvalue weighted by Crippen LogP contribution is 2.34. The monoisotopic (exact) mass is 182 g/mol. The highest BCUT2D eigenvalue weighted by atomic mass is 16.5. The van der Waals surface area contributed by atoms with Crippen LogP contribution in [0, 0.1) is 6.92 Å². The summed E-state index contributed by atoms with van der Waals surface area (Å²) in [6, 6.07) is 0. The van der Waals surface area contributed by atoms with Crippen LogP contribution >= 0.6 is 0 Å². The lowest BCUT2D eigenvalue weighted by atomic mass is 10.1. The minimum absolute atomic E-state index is 0.372. The van der Waals surface area contributed by atoms with Gasteiger partial charge in [0.05, 0.1) is 6.10 Å². The number of ether oxygens (including phenoxy) is 1. The fourth-order valence-corrected chi connectivity index (χ4v) is 1.86. The van der Waals surface area contributed by atoms with Gasteiger partial charge in [0.2, 0.25) is 11.8 Å². The summed E-state index contributed by atoms with van der Waals surface area (Å²) in [5.41, 5.74) is 0. The largest absolute Gasteiger partial charge is 0.425 e. The molecule has 4 nitrogen and oxygen atoms in total. The van der Waals surface area contributed by atoms with Gasteiger partial charge in [-0.1, -0.05) is 0 Å². The highest BCUT2D eigenvalue weighted by Gasteiger charge is 2.29. The van der Waals surface area contributed by atoms with Crippen molar-refractivity contribution in [1.29, 1.82) is 0 Å². The first kappa shape index (κ1) is 8.69. The summed E-state index contributed by atoms with van der Waals surface area (Å²) in [7, 11) is 1.76. The summed E-state index contributed by atoms with van der Waals surface area (Å²) in [5.74, 6) is 1.83. The average Bonchev–Trinajstić information content (AvgIpc) is 2.71. The van der Waals surface area contributed by atoms with E-state index in [4.69, 9.17) is 9.15 Å². The SMILES string of the molecule is COC1CCC(c2nnc(C)o2)C1. The van der Waals surface area contributed by atoms with Gasteiger partial charge in [-0.3, -0.25) is 0 Å². The normalized spacial score (nSPS) is 28.2. The number of hydrogen-bond donors (Lipinski definition) is 0. The van der Waals surface area contributed by atoms with Gasteiger partial charge in [-0.05, 0) is 19.3 Å². The fraction of sp³-hybridized carbons (Fsp3) is 0.778. The van der Waals surface area contributed by atoms with Crippen LogP contribution in [-0.2, 0) is 4.74 Å². The molecule has 0 spiro atoms. The fourth-order valence-electron chi connectivity index (χ4n) is 1.86. The van der Waals surface area contributed by atoms with Gasteiger partial charge in [-0.2, -0.15) is 0 Å². The molecule has 2 atom stereocenters. The van der Waals surface area contributed by atoms with Gasteiger partial charge in [-0.15, -0.1) is 10.2 Å². The molecular weight excluding hydrogens is 168 g/mol. The molecule has 2 rings (SSSR count). The first-order valence-electron chi connectivity index (χ1n) is 4.62. The summed E-state index contributed by atoms with van der Waals surface area (Å²) in [6.45, 7) is 1.82. The van der Waals surface area contributed by atoms with Crippen molar-refractivity contribution in [2.75, 3.05) is 7.11 Å². The van der Waals surface area contributed by atoms with Gasteiger partial charge < -0.3 is 9.15 Å². The van der Waals surface area contributed by atoms with Crippen molar-refractivity contribution in [3.05, 3.63) is 11.8 Å². The second-order valence-corrected chi connectivity index (χ2v) is 3.53. The third kappa shape index (κ3) is 1.72. The number of hydrogen-bond acceptors (Lipinski definition) is 4. The van der Waals surface area contributed by atoms with E-state index in [1.807, 2.05) is 6.92 Å². The molecule has 0 amide bonds. The van der Waals surface area contributed by atoms with Crippen molar-refractivity contribution in [3.63, 3.8) is 0 Å². The molecule has 1 aliphatic rings. The molecule has 0 N–H and O–H groups in total. The molecule has 0 saturated heterocycles. The summed E-state index contributed by atoms with van der Waals surface area (Å²) in [5, 5.41) is 7.85. The van der Waals surface area contributed by atoms with Crippen molar-refractivity contribution in [1.82, 2.24) is 10.2 Å². The van der Waals surface area contributed by atoms with E-state index in [-0.39, 0.29) is 0 Å². The highest BCUT2D eigenvalue weighted by molar-refractivity contribution is 4.96. The van der Waals surface area contributed by atoms with Gasteiger partial charge in [0, 0.05) is 20.0 Å². The smallest absolute Gasteiger partial charge is 0.219 e. The molecule has 0 radical (unpaired) electrons. The lowest BCUT2D eigenvalue weighted by molar-refractivity contribution is 0.107. The Morgan fingerprint density at radius 2 is 2.23 bits per heavy atom. The molecule has 1 aromatic rings. The molecule has 0 bridgehead atoms. The Bertz CT molecular complexity index is 285. The van der Waals surface area contributed by atoms with Crippen LogP contribution in [-0.4, -0.2) is 23.4 Å². The maximum atomic E-state index is 5.38. The third-order valence-electron chi connectivity index (χ3n) is 2.61. The van der Waals surface area contributed by atoms with Crippen LogP contribution in [0.2, 0.25) is 0 Å². The van der Waals surface area contributed by atoms with Gasteiger partial charge in [0.1, 0.15) is 0 Å². The zero-order chi connectivity index (χ0) is 9.26. The molecule has 13 heavy (non-hydrogen) atoms. The number of nitrogens with zero attached hydrogens (tertiary/aromatic N) is 2. The molecule has 1 heterocycles. The molecular formula is C9H14N2O2. The molecule has 1 saturated carbocycles. The van der Waals surface area contributed by atoms with Gasteiger partial charge in [-0.25, -0.2) is 0 Å². The molecule has 0 aliphatic heterocycles. The third-order valence-corrected chi connectivity index (χ3v) is 2.61. The van der Waals surface area contributed by atoms with Crippen LogP contribution in [0.15, 0.2) is 4.42 Å². The quantitative estimate of drug-likeness (QED) is 0.698. The maximum Gasteiger partial charge on any atom is 0.219 e. The van der Waals surface area contributed by atoms with Crippen LogP contribution in [0.1, 0.15) is 37.0 Å². The standard InChI is InChI=1S/C9H14N2O2/c1-6-10-11-9(13-6)7-3-4-8(5-7)12-2/h7-8H,3-5H2,1-2H3. The molecule has 2 unspecified atom stereocenters. The summed E-state index contributed by atoms with van der Waals surface area (Å²) in [4.78, 5) is 0. The molecule has 1 fully saturated rings. The van der Waals surface area contributed by atoms with Crippen molar-refractivity contribution in [2.24, 2.45) is 0 Å². The molecule has 1 aliphatic carbocycles. The Morgan fingerprint density at radius 1 is 1.38 bits per heavy atom. The second kappa shape index (κ2) is 3.46. The Kier molecular flexibility index (Phi) is 2.31. The van der Waals surface area contributed by atoms with Crippen LogP contribution in [0.25, 0.3) is 0 Å². The van der Waals surface area contributed by atoms with Gasteiger partial charge in [0.15, 0.2) is 0 Å². The molecule has 1 aromatic heterocycles. The van der Waals surface area contributed by atoms with E-state index in [1.165, 1.54) is 0 Å². The zero-order valence-corrected chi connectivity index (χ0v) is 7.99. The van der Waals surface area contributed by atoms with Crippen LogP contribution in [0.4, 0.5) is 0 Å². The minimum atomic E-state index is 0.372. The van der Waals surface area contributed by atoms with E-state index in [0.29, 0.717) is 17.9 Å². The van der Waals surface area contributed by atoms with E-state index in [1.54, 1.807) is 7.11 Å². The number of aromatic nitrogens is 2. The second-order valence-electron chi connectivity index (χ2n) is 3.53. The Hall–Kier alpha value is -0.900. The van der Waals surface area contributed by atoms with E-state index in [9.17, 15) is 0 Å². The van der Waals surface area contributed by atoms with Crippen molar-refractivity contribution >= 4 is 0 Å². The van der Waals surface area contributed by atoms with E-state index < -0.39 is 0 Å². The number of rotatable bonds is 2. The molecule has 0 aromatic carbocycles. The number of aryl methyl sites for hydroxylation is 1. The average molecular weight is 182 g/mol.